The van der Waals surface area contributed by atoms with Crippen LogP contribution in [0.3, 0.4) is 0 Å². The standard InChI is InChI=1S/C14H12N4/c1-9-4-10(6-15)2-3-12(9)13-7-17-18-8-11(16)5-14(13)18/h2-4,7,16H,5,8H2,1H3. The molecule has 1 N–H and O–H groups in total. The van der Waals surface area contributed by atoms with E-state index in [0.717, 1.165) is 22.4 Å². The molecule has 0 saturated carbocycles. The van der Waals surface area contributed by atoms with Gasteiger partial charge >= 0.3 is 0 Å². The first-order valence-electron chi connectivity index (χ1n) is 5.81. The van der Waals surface area contributed by atoms with Crippen molar-refractivity contribution in [3.8, 4) is 17.2 Å². The average Bonchev–Trinajstić information content (AvgIpc) is 2.88. The monoisotopic (exact) mass is 236 g/mol. The van der Waals surface area contributed by atoms with Gasteiger partial charge < -0.3 is 5.41 Å². The predicted molar refractivity (Wildman–Crippen MR) is 68.5 cm³/mol. The van der Waals surface area contributed by atoms with Crippen LogP contribution in [0, 0.1) is 23.7 Å². The molecule has 0 saturated heterocycles. The molecule has 4 nitrogen and oxygen atoms in total. The summed E-state index contributed by atoms with van der Waals surface area (Å²) >= 11 is 0. The molecular weight excluding hydrogens is 224 g/mol. The highest BCUT2D eigenvalue weighted by molar-refractivity contribution is 5.88. The van der Waals surface area contributed by atoms with Crippen LogP contribution in [0.5, 0.6) is 0 Å². The van der Waals surface area contributed by atoms with E-state index in [4.69, 9.17) is 10.7 Å². The zero-order valence-corrected chi connectivity index (χ0v) is 10.1. The summed E-state index contributed by atoms with van der Waals surface area (Å²) in [5.41, 5.74) is 5.73. The summed E-state index contributed by atoms with van der Waals surface area (Å²) in [4.78, 5) is 0. The number of nitriles is 1. The molecule has 0 aliphatic carbocycles. The molecule has 88 valence electrons. The maximum Gasteiger partial charge on any atom is 0.0991 e. The Balaban J connectivity index is 2.12. The summed E-state index contributed by atoms with van der Waals surface area (Å²) in [7, 11) is 0. The highest BCUT2D eigenvalue weighted by Crippen LogP contribution is 2.30. The Hall–Kier alpha value is -2.41. The van der Waals surface area contributed by atoms with Crippen LogP contribution in [0.4, 0.5) is 0 Å². The summed E-state index contributed by atoms with van der Waals surface area (Å²) in [6.07, 6.45) is 2.53. The molecule has 2 aromatic rings. The highest BCUT2D eigenvalue weighted by atomic mass is 15.3. The minimum atomic E-state index is 0.602. The largest absolute Gasteiger partial charge is 0.307 e. The number of aryl methyl sites for hydroxylation is 1. The number of rotatable bonds is 1. The number of fused-ring (bicyclic) bond motifs is 1. The number of benzene rings is 1. The van der Waals surface area contributed by atoms with Gasteiger partial charge in [-0.05, 0) is 30.2 Å². The van der Waals surface area contributed by atoms with Crippen molar-refractivity contribution in [1.82, 2.24) is 9.78 Å². The molecule has 18 heavy (non-hydrogen) atoms. The van der Waals surface area contributed by atoms with E-state index in [1.807, 2.05) is 36.0 Å². The molecule has 0 spiro atoms. The van der Waals surface area contributed by atoms with E-state index < -0.39 is 0 Å². The lowest BCUT2D eigenvalue weighted by Gasteiger charge is -2.05. The summed E-state index contributed by atoms with van der Waals surface area (Å²) in [5.74, 6) is 0. The molecule has 1 aromatic carbocycles. The second-order valence-electron chi connectivity index (χ2n) is 4.58. The molecule has 0 amide bonds. The van der Waals surface area contributed by atoms with Gasteiger partial charge in [-0.3, -0.25) is 4.68 Å². The van der Waals surface area contributed by atoms with Gasteiger partial charge in [-0.25, -0.2) is 0 Å². The van der Waals surface area contributed by atoms with E-state index in [2.05, 4.69) is 11.2 Å². The normalized spacial score (nSPS) is 13.4. The molecule has 3 rings (SSSR count). The average molecular weight is 236 g/mol. The maximum atomic E-state index is 8.88. The lowest BCUT2D eigenvalue weighted by atomic mass is 9.98. The van der Waals surface area contributed by atoms with Gasteiger partial charge in [-0.1, -0.05) is 6.07 Å². The van der Waals surface area contributed by atoms with Gasteiger partial charge in [-0.2, -0.15) is 10.4 Å². The Morgan fingerprint density at radius 2 is 2.22 bits per heavy atom. The van der Waals surface area contributed by atoms with Crippen LogP contribution in [0.2, 0.25) is 0 Å². The van der Waals surface area contributed by atoms with Crippen LogP contribution in [0.15, 0.2) is 24.4 Å². The van der Waals surface area contributed by atoms with E-state index >= 15 is 0 Å². The Bertz CT molecular complexity index is 688. The quantitative estimate of drug-likeness (QED) is 0.825. The van der Waals surface area contributed by atoms with Crippen molar-refractivity contribution in [2.45, 2.75) is 19.9 Å². The van der Waals surface area contributed by atoms with E-state index in [9.17, 15) is 0 Å². The predicted octanol–water partition coefficient (Wildman–Crippen LogP) is 2.31. The molecule has 0 atom stereocenters. The van der Waals surface area contributed by atoms with Crippen LogP contribution in [0.25, 0.3) is 11.1 Å². The summed E-state index contributed by atoms with van der Waals surface area (Å²) in [6, 6.07) is 7.83. The van der Waals surface area contributed by atoms with Gasteiger partial charge in [0, 0.05) is 17.7 Å². The van der Waals surface area contributed by atoms with Crippen molar-refractivity contribution in [3.05, 3.63) is 41.2 Å². The van der Waals surface area contributed by atoms with Crippen molar-refractivity contribution in [2.75, 3.05) is 0 Å². The second-order valence-corrected chi connectivity index (χ2v) is 4.58. The van der Waals surface area contributed by atoms with Gasteiger partial charge in [0.25, 0.3) is 0 Å². The smallest absolute Gasteiger partial charge is 0.0991 e. The first kappa shape index (κ1) is 10.7. The Morgan fingerprint density at radius 3 is 2.94 bits per heavy atom. The Labute approximate surface area is 105 Å². The van der Waals surface area contributed by atoms with Gasteiger partial charge in [0.2, 0.25) is 0 Å². The number of nitrogens with one attached hydrogen (secondary N) is 1. The zero-order chi connectivity index (χ0) is 12.7. The molecular formula is C14H12N4. The van der Waals surface area contributed by atoms with E-state index in [1.54, 1.807) is 0 Å². The molecule has 1 aromatic heterocycles. The third kappa shape index (κ3) is 1.52. The van der Waals surface area contributed by atoms with Crippen molar-refractivity contribution in [2.24, 2.45) is 0 Å². The fourth-order valence-electron chi connectivity index (χ4n) is 2.43. The molecule has 0 bridgehead atoms. The van der Waals surface area contributed by atoms with Crippen LogP contribution in [-0.2, 0) is 13.0 Å². The third-order valence-electron chi connectivity index (χ3n) is 3.32. The van der Waals surface area contributed by atoms with E-state index in [0.29, 0.717) is 24.2 Å². The first-order valence-corrected chi connectivity index (χ1v) is 5.81. The highest BCUT2D eigenvalue weighted by Gasteiger charge is 2.21. The molecule has 0 unspecified atom stereocenters. The number of hydrogen-bond acceptors (Lipinski definition) is 3. The topological polar surface area (TPSA) is 65.5 Å². The summed E-state index contributed by atoms with van der Waals surface area (Å²) in [5, 5.41) is 20.9. The van der Waals surface area contributed by atoms with Crippen molar-refractivity contribution in [3.63, 3.8) is 0 Å². The van der Waals surface area contributed by atoms with Crippen LogP contribution < -0.4 is 0 Å². The minimum Gasteiger partial charge on any atom is -0.307 e. The van der Waals surface area contributed by atoms with E-state index in [1.165, 1.54) is 0 Å². The van der Waals surface area contributed by atoms with Crippen LogP contribution in [0.1, 0.15) is 16.8 Å². The van der Waals surface area contributed by atoms with Gasteiger partial charge in [0.15, 0.2) is 0 Å². The van der Waals surface area contributed by atoms with Crippen molar-refractivity contribution >= 4 is 5.71 Å². The zero-order valence-electron chi connectivity index (χ0n) is 10.1. The van der Waals surface area contributed by atoms with Crippen LogP contribution in [-0.4, -0.2) is 15.5 Å². The Kier molecular flexibility index (Phi) is 2.27. The second kappa shape index (κ2) is 3.81. The molecule has 0 fully saturated rings. The SMILES string of the molecule is Cc1cc(C#N)ccc1-c1cnn2c1CC(=N)C2. The molecule has 2 heterocycles. The first-order chi connectivity index (χ1) is 8.69. The van der Waals surface area contributed by atoms with E-state index in [-0.39, 0.29) is 0 Å². The number of nitrogens with zero attached hydrogens (tertiary/aromatic N) is 3. The van der Waals surface area contributed by atoms with Gasteiger partial charge in [0.1, 0.15) is 0 Å². The molecule has 1 aliphatic rings. The van der Waals surface area contributed by atoms with Crippen molar-refractivity contribution < 1.29 is 0 Å². The third-order valence-corrected chi connectivity index (χ3v) is 3.32. The number of aromatic nitrogens is 2. The summed E-state index contributed by atoms with van der Waals surface area (Å²) < 4.78 is 1.88. The number of hydrogen-bond donors (Lipinski definition) is 1. The molecule has 4 heteroatoms. The minimum absolute atomic E-state index is 0.602. The fraction of sp³-hybridized carbons (Fsp3) is 0.214. The summed E-state index contributed by atoms with van der Waals surface area (Å²) in [6.45, 7) is 2.60. The maximum absolute atomic E-state index is 8.88. The van der Waals surface area contributed by atoms with Gasteiger partial charge in [-0.15, -0.1) is 0 Å². The Morgan fingerprint density at radius 1 is 1.39 bits per heavy atom. The lowest BCUT2D eigenvalue weighted by Crippen LogP contribution is -1.99. The van der Waals surface area contributed by atoms with Gasteiger partial charge in [0.05, 0.1) is 30.1 Å². The van der Waals surface area contributed by atoms with Crippen molar-refractivity contribution in [1.29, 1.82) is 10.7 Å². The molecule has 1 aliphatic heterocycles. The fourth-order valence-corrected chi connectivity index (χ4v) is 2.43. The molecule has 0 radical (unpaired) electrons. The lowest BCUT2D eigenvalue weighted by molar-refractivity contribution is 0.730. The van der Waals surface area contributed by atoms with Crippen LogP contribution >= 0.6 is 0 Å².